The van der Waals surface area contributed by atoms with Gasteiger partial charge in [-0.15, -0.1) is 0 Å². The number of carbonyl (C=O) groups is 2. The maximum absolute atomic E-state index is 12.7. The molecule has 1 aliphatic heterocycles. The first-order chi connectivity index (χ1) is 13.3. The molecule has 0 saturated carbocycles. The van der Waals surface area contributed by atoms with Gasteiger partial charge in [-0.05, 0) is 29.2 Å². The second-order valence-electron chi connectivity index (χ2n) is 7.04. The van der Waals surface area contributed by atoms with Crippen LogP contribution in [0.15, 0.2) is 58.6 Å². The van der Waals surface area contributed by atoms with Crippen molar-refractivity contribution in [3.63, 3.8) is 0 Å². The molecule has 0 spiro atoms. The number of benzene rings is 2. The lowest BCUT2D eigenvalue weighted by Crippen LogP contribution is -2.32. The Balaban J connectivity index is 2.14. The van der Waals surface area contributed by atoms with Crippen LogP contribution in [-0.4, -0.2) is 40.0 Å². The molecule has 1 heterocycles. The number of aliphatic hydroxyl groups is 2. The van der Waals surface area contributed by atoms with Crippen molar-refractivity contribution in [3.05, 3.63) is 75.3 Å². The number of rotatable bonds is 5. The van der Waals surface area contributed by atoms with Gasteiger partial charge >= 0.3 is 0 Å². The number of hydrogen-bond donors (Lipinski definition) is 2. The average Bonchev–Trinajstić information content (AvgIpc) is 2.93. The summed E-state index contributed by atoms with van der Waals surface area (Å²) in [7, 11) is 0. The standard InChI is InChI=1S/C22H22BrNO4/c1-13(2)14-3-5-15(6-4-14)19-18(21(27)22(28)24(19)11-12-25)20(26)16-7-9-17(23)10-8-16/h3-10,13,19,25-26H,11-12H2,1-2H3/b20-18+/t19-/m1/s1. The summed E-state index contributed by atoms with van der Waals surface area (Å²) in [5, 5.41) is 20.3. The molecule has 1 fully saturated rings. The number of ketones is 1. The maximum Gasteiger partial charge on any atom is 0.295 e. The highest BCUT2D eigenvalue weighted by molar-refractivity contribution is 9.10. The molecule has 1 amide bonds. The van der Waals surface area contributed by atoms with Gasteiger partial charge in [0, 0.05) is 16.6 Å². The van der Waals surface area contributed by atoms with Crippen molar-refractivity contribution in [2.75, 3.05) is 13.2 Å². The molecular weight excluding hydrogens is 422 g/mol. The highest BCUT2D eigenvalue weighted by atomic mass is 79.9. The van der Waals surface area contributed by atoms with Gasteiger partial charge in [-0.1, -0.05) is 66.2 Å². The molecule has 2 N–H and O–H groups in total. The van der Waals surface area contributed by atoms with E-state index in [1.54, 1.807) is 24.3 Å². The summed E-state index contributed by atoms with van der Waals surface area (Å²) in [6, 6.07) is 13.8. The number of carbonyl (C=O) groups excluding carboxylic acids is 2. The fraction of sp³-hybridized carbons (Fsp3) is 0.273. The van der Waals surface area contributed by atoms with Gasteiger partial charge in [0.05, 0.1) is 18.2 Å². The van der Waals surface area contributed by atoms with Crippen molar-refractivity contribution < 1.29 is 19.8 Å². The first-order valence-corrected chi connectivity index (χ1v) is 9.89. The summed E-state index contributed by atoms with van der Waals surface area (Å²) in [6.07, 6.45) is 0. The van der Waals surface area contributed by atoms with Crippen molar-refractivity contribution in [1.82, 2.24) is 4.90 Å². The van der Waals surface area contributed by atoms with Gasteiger partial charge in [-0.2, -0.15) is 0 Å². The molecule has 0 aromatic heterocycles. The molecule has 0 bridgehead atoms. The third-order valence-corrected chi connectivity index (χ3v) is 5.45. The van der Waals surface area contributed by atoms with Crippen LogP contribution in [0.25, 0.3) is 5.76 Å². The van der Waals surface area contributed by atoms with Crippen molar-refractivity contribution >= 4 is 33.4 Å². The molecule has 6 heteroatoms. The van der Waals surface area contributed by atoms with Gasteiger partial charge in [-0.25, -0.2) is 0 Å². The van der Waals surface area contributed by atoms with E-state index in [0.717, 1.165) is 15.6 Å². The molecule has 1 saturated heterocycles. The van der Waals surface area contributed by atoms with E-state index in [1.165, 1.54) is 4.90 Å². The molecule has 146 valence electrons. The Morgan fingerprint density at radius 2 is 1.68 bits per heavy atom. The third kappa shape index (κ3) is 3.75. The van der Waals surface area contributed by atoms with Crippen LogP contribution in [0.4, 0.5) is 0 Å². The molecule has 2 aromatic rings. The topological polar surface area (TPSA) is 77.8 Å². The molecule has 5 nitrogen and oxygen atoms in total. The zero-order valence-corrected chi connectivity index (χ0v) is 17.3. The molecule has 0 unspecified atom stereocenters. The van der Waals surface area contributed by atoms with Crippen LogP contribution in [0, 0.1) is 0 Å². The summed E-state index contributed by atoms with van der Waals surface area (Å²) >= 11 is 3.34. The van der Waals surface area contributed by atoms with E-state index < -0.39 is 17.7 Å². The Hall–Kier alpha value is -2.44. The minimum absolute atomic E-state index is 0.0122. The van der Waals surface area contributed by atoms with Crippen molar-refractivity contribution in [2.45, 2.75) is 25.8 Å². The number of amides is 1. The van der Waals surface area contributed by atoms with Gasteiger partial charge in [0.25, 0.3) is 11.7 Å². The van der Waals surface area contributed by atoms with Gasteiger partial charge in [0.15, 0.2) is 0 Å². The van der Waals surface area contributed by atoms with Gasteiger partial charge < -0.3 is 15.1 Å². The normalized spacial score (nSPS) is 18.9. The van der Waals surface area contributed by atoms with Crippen LogP contribution in [-0.2, 0) is 9.59 Å². The number of hydrogen-bond acceptors (Lipinski definition) is 4. The Bertz CT molecular complexity index is 917. The molecule has 0 aliphatic carbocycles. The van der Waals surface area contributed by atoms with Crippen LogP contribution in [0.5, 0.6) is 0 Å². The van der Waals surface area contributed by atoms with Crippen molar-refractivity contribution in [1.29, 1.82) is 0 Å². The number of halogens is 1. The monoisotopic (exact) mass is 443 g/mol. The van der Waals surface area contributed by atoms with Gasteiger partial charge in [0.1, 0.15) is 5.76 Å². The van der Waals surface area contributed by atoms with E-state index in [9.17, 15) is 19.8 Å². The lowest BCUT2D eigenvalue weighted by Gasteiger charge is -2.25. The van der Waals surface area contributed by atoms with Crippen LogP contribution < -0.4 is 0 Å². The zero-order chi connectivity index (χ0) is 20.4. The molecule has 1 aliphatic rings. The first-order valence-electron chi connectivity index (χ1n) is 9.10. The molecular formula is C22H22BrNO4. The number of nitrogens with zero attached hydrogens (tertiary/aromatic N) is 1. The Labute approximate surface area is 172 Å². The SMILES string of the molecule is CC(C)c1ccc([C@@H]2/C(=C(\O)c3ccc(Br)cc3)C(=O)C(=O)N2CCO)cc1. The Morgan fingerprint density at radius 3 is 2.21 bits per heavy atom. The summed E-state index contributed by atoms with van der Waals surface area (Å²) < 4.78 is 0.839. The van der Waals surface area contributed by atoms with Crippen LogP contribution in [0.1, 0.15) is 42.5 Å². The van der Waals surface area contributed by atoms with E-state index in [1.807, 2.05) is 24.3 Å². The lowest BCUT2D eigenvalue weighted by atomic mass is 9.93. The van der Waals surface area contributed by atoms with E-state index in [-0.39, 0.29) is 24.5 Å². The van der Waals surface area contributed by atoms with Crippen molar-refractivity contribution in [3.8, 4) is 0 Å². The maximum atomic E-state index is 12.7. The Kier molecular flexibility index (Phi) is 6.01. The summed E-state index contributed by atoms with van der Waals surface area (Å²) in [6.45, 7) is 3.91. The summed E-state index contributed by atoms with van der Waals surface area (Å²) in [5.74, 6) is -1.33. The molecule has 1 atom stereocenters. The predicted molar refractivity (Wildman–Crippen MR) is 111 cm³/mol. The van der Waals surface area contributed by atoms with E-state index in [2.05, 4.69) is 29.8 Å². The molecule has 28 heavy (non-hydrogen) atoms. The quantitative estimate of drug-likeness (QED) is 0.416. The molecule has 3 rings (SSSR count). The Morgan fingerprint density at radius 1 is 1.07 bits per heavy atom. The van der Waals surface area contributed by atoms with E-state index in [0.29, 0.717) is 11.5 Å². The smallest absolute Gasteiger partial charge is 0.295 e. The largest absolute Gasteiger partial charge is 0.507 e. The van der Waals surface area contributed by atoms with Crippen LogP contribution in [0.2, 0.25) is 0 Å². The predicted octanol–water partition coefficient (Wildman–Crippen LogP) is 3.99. The van der Waals surface area contributed by atoms with Gasteiger partial charge in [0.2, 0.25) is 0 Å². The van der Waals surface area contributed by atoms with E-state index in [4.69, 9.17) is 0 Å². The number of Topliss-reactive ketones (excluding diaryl/α,β-unsaturated/α-hetero) is 1. The fourth-order valence-corrected chi connectivity index (χ4v) is 3.66. The highest BCUT2D eigenvalue weighted by Crippen LogP contribution is 2.39. The average molecular weight is 444 g/mol. The number of likely N-dealkylation sites (tertiary alicyclic amines) is 1. The number of aliphatic hydroxyl groups excluding tert-OH is 2. The lowest BCUT2D eigenvalue weighted by molar-refractivity contribution is -0.140. The minimum Gasteiger partial charge on any atom is -0.507 e. The fourth-order valence-electron chi connectivity index (χ4n) is 3.39. The second-order valence-corrected chi connectivity index (χ2v) is 7.96. The molecule has 2 aromatic carbocycles. The van der Waals surface area contributed by atoms with E-state index >= 15 is 0 Å². The minimum atomic E-state index is -0.744. The zero-order valence-electron chi connectivity index (χ0n) is 15.7. The molecule has 0 radical (unpaired) electrons. The summed E-state index contributed by atoms with van der Waals surface area (Å²) in [5.41, 5.74) is 2.35. The van der Waals surface area contributed by atoms with Crippen LogP contribution >= 0.6 is 15.9 Å². The number of β-amino-alcohol motifs (C(OH)–C–C–N with tert-alkyl or cyclic N) is 1. The van der Waals surface area contributed by atoms with Gasteiger partial charge in [-0.3, -0.25) is 9.59 Å². The third-order valence-electron chi connectivity index (χ3n) is 4.92. The van der Waals surface area contributed by atoms with Crippen LogP contribution in [0.3, 0.4) is 0 Å². The van der Waals surface area contributed by atoms with Crippen molar-refractivity contribution in [2.24, 2.45) is 0 Å². The summed E-state index contributed by atoms with van der Waals surface area (Å²) in [4.78, 5) is 26.6. The second kappa shape index (κ2) is 8.29. The first kappa shape index (κ1) is 20.3. The highest BCUT2D eigenvalue weighted by Gasteiger charge is 2.45.